The lowest BCUT2D eigenvalue weighted by atomic mass is 9.93. The molecule has 1 amide bonds. The largest absolute Gasteiger partial charge is 0.493 e. The van der Waals surface area contributed by atoms with E-state index in [-0.39, 0.29) is 11.9 Å². The lowest BCUT2D eigenvalue weighted by Crippen LogP contribution is -2.48. The van der Waals surface area contributed by atoms with Gasteiger partial charge in [-0.25, -0.2) is 0 Å². The Labute approximate surface area is 160 Å². The SMILES string of the molecule is C=C(C)COc1c(CN2Cc3ccccc3CC2C(N)=O)cccc1OC. The first-order valence-electron chi connectivity index (χ1n) is 9.02. The molecular formula is C22H26N2O3. The van der Waals surface area contributed by atoms with Crippen LogP contribution in [0.4, 0.5) is 0 Å². The van der Waals surface area contributed by atoms with Gasteiger partial charge in [-0.1, -0.05) is 43.0 Å². The fourth-order valence-electron chi connectivity index (χ4n) is 3.45. The second-order valence-electron chi connectivity index (χ2n) is 6.99. The van der Waals surface area contributed by atoms with Crippen LogP contribution in [0.2, 0.25) is 0 Å². The van der Waals surface area contributed by atoms with Crippen LogP contribution in [-0.2, 0) is 24.3 Å². The third kappa shape index (κ3) is 4.31. The molecule has 3 rings (SSSR count). The first-order chi connectivity index (χ1) is 13.0. The second-order valence-corrected chi connectivity index (χ2v) is 6.99. The van der Waals surface area contributed by atoms with E-state index in [4.69, 9.17) is 15.2 Å². The van der Waals surface area contributed by atoms with Crippen molar-refractivity contribution in [3.63, 3.8) is 0 Å². The van der Waals surface area contributed by atoms with Crippen molar-refractivity contribution < 1.29 is 14.3 Å². The van der Waals surface area contributed by atoms with Crippen molar-refractivity contribution in [1.29, 1.82) is 0 Å². The Balaban J connectivity index is 1.91. The molecule has 1 unspecified atom stereocenters. The number of methoxy groups -OCH3 is 1. The van der Waals surface area contributed by atoms with E-state index in [2.05, 4.69) is 23.6 Å². The molecule has 2 aromatic carbocycles. The predicted molar refractivity (Wildman–Crippen MR) is 106 cm³/mol. The summed E-state index contributed by atoms with van der Waals surface area (Å²) in [6.45, 7) is 7.44. The number of carbonyl (C=O) groups is 1. The zero-order valence-corrected chi connectivity index (χ0v) is 15.9. The van der Waals surface area contributed by atoms with Crippen LogP contribution in [0.3, 0.4) is 0 Å². The molecule has 5 nitrogen and oxygen atoms in total. The monoisotopic (exact) mass is 366 g/mol. The van der Waals surface area contributed by atoms with Gasteiger partial charge in [0.15, 0.2) is 11.5 Å². The molecule has 1 atom stereocenters. The number of carbonyl (C=O) groups excluding carboxylic acids is 1. The maximum Gasteiger partial charge on any atom is 0.235 e. The van der Waals surface area contributed by atoms with Gasteiger partial charge in [-0.05, 0) is 36.1 Å². The predicted octanol–water partition coefficient (Wildman–Crippen LogP) is 3.06. The Kier molecular flexibility index (Phi) is 5.81. The van der Waals surface area contributed by atoms with Crippen molar-refractivity contribution >= 4 is 5.91 Å². The number of rotatable bonds is 7. The van der Waals surface area contributed by atoms with Gasteiger partial charge in [-0.15, -0.1) is 0 Å². The van der Waals surface area contributed by atoms with Gasteiger partial charge < -0.3 is 15.2 Å². The number of hydrogen-bond acceptors (Lipinski definition) is 4. The second kappa shape index (κ2) is 8.27. The maximum atomic E-state index is 12.1. The van der Waals surface area contributed by atoms with E-state index in [0.717, 1.165) is 11.1 Å². The van der Waals surface area contributed by atoms with E-state index >= 15 is 0 Å². The molecule has 5 heteroatoms. The fraction of sp³-hybridized carbons (Fsp3) is 0.318. The standard InChI is InChI=1S/C22H26N2O3/c1-15(2)14-27-21-18(9-6-10-20(21)26-3)13-24-12-17-8-5-4-7-16(17)11-19(24)22(23)25/h4-10,19H,1,11-14H2,2-3H3,(H2,23,25). The van der Waals surface area contributed by atoms with Gasteiger partial charge in [0.1, 0.15) is 6.61 Å². The number of nitrogens with zero attached hydrogens (tertiary/aromatic N) is 1. The molecule has 0 saturated carbocycles. The molecule has 27 heavy (non-hydrogen) atoms. The first-order valence-corrected chi connectivity index (χ1v) is 9.02. The van der Waals surface area contributed by atoms with Gasteiger partial charge in [-0.3, -0.25) is 9.69 Å². The van der Waals surface area contributed by atoms with Gasteiger partial charge >= 0.3 is 0 Å². The van der Waals surface area contributed by atoms with E-state index in [1.54, 1.807) is 7.11 Å². The van der Waals surface area contributed by atoms with Crippen molar-refractivity contribution in [2.24, 2.45) is 5.73 Å². The van der Waals surface area contributed by atoms with Crippen molar-refractivity contribution in [2.45, 2.75) is 32.5 Å². The van der Waals surface area contributed by atoms with Crippen LogP contribution in [0.5, 0.6) is 11.5 Å². The highest BCUT2D eigenvalue weighted by Crippen LogP contribution is 2.34. The summed E-state index contributed by atoms with van der Waals surface area (Å²) >= 11 is 0. The topological polar surface area (TPSA) is 64.8 Å². The van der Waals surface area contributed by atoms with Crippen molar-refractivity contribution in [2.75, 3.05) is 13.7 Å². The highest BCUT2D eigenvalue weighted by atomic mass is 16.5. The zero-order valence-electron chi connectivity index (χ0n) is 15.9. The van der Waals surface area contributed by atoms with Crippen LogP contribution in [0.15, 0.2) is 54.6 Å². The Morgan fingerprint density at radius 1 is 1.22 bits per heavy atom. The molecule has 0 aliphatic carbocycles. The molecule has 0 spiro atoms. The molecule has 0 fully saturated rings. The average molecular weight is 366 g/mol. The summed E-state index contributed by atoms with van der Waals surface area (Å²) in [5.74, 6) is 1.05. The van der Waals surface area contributed by atoms with E-state index in [1.165, 1.54) is 11.1 Å². The number of benzene rings is 2. The van der Waals surface area contributed by atoms with Crippen LogP contribution < -0.4 is 15.2 Å². The Bertz CT molecular complexity index is 847. The van der Waals surface area contributed by atoms with Crippen LogP contribution in [-0.4, -0.2) is 30.6 Å². The molecule has 1 aliphatic rings. The van der Waals surface area contributed by atoms with Gasteiger partial charge in [0.05, 0.1) is 13.2 Å². The van der Waals surface area contributed by atoms with Crippen LogP contribution in [0.1, 0.15) is 23.6 Å². The van der Waals surface area contributed by atoms with Crippen molar-refractivity contribution in [1.82, 2.24) is 4.90 Å². The Morgan fingerprint density at radius 3 is 2.63 bits per heavy atom. The normalized spacial score (nSPS) is 16.4. The minimum atomic E-state index is -0.347. The Hall–Kier alpha value is -2.79. The van der Waals surface area contributed by atoms with E-state index in [0.29, 0.717) is 37.6 Å². The molecule has 0 bridgehead atoms. The number of nitrogens with two attached hydrogens (primary N) is 1. The highest BCUT2D eigenvalue weighted by molar-refractivity contribution is 5.80. The highest BCUT2D eigenvalue weighted by Gasteiger charge is 2.30. The lowest BCUT2D eigenvalue weighted by Gasteiger charge is -2.35. The van der Waals surface area contributed by atoms with Gasteiger partial charge in [-0.2, -0.15) is 0 Å². The number of fused-ring (bicyclic) bond motifs is 1. The summed E-state index contributed by atoms with van der Waals surface area (Å²) in [6.07, 6.45) is 0.622. The van der Waals surface area contributed by atoms with Crippen LogP contribution in [0, 0.1) is 0 Å². The number of hydrogen-bond donors (Lipinski definition) is 1. The maximum absolute atomic E-state index is 12.1. The molecule has 0 aromatic heterocycles. The molecular weight excluding hydrogens is 340 g/mol. The van der Waals surface area contributed by atoms with Gasteiger partial charge in [0, 0.05) is 18.7 Å². The van der Waals surface area contributed by atoms with Crippen LogP contribution in [0.25, 0.3) is 0 Å². The molecule has 2 aromatic rings. The third-order valence-corrected chi connectivity index (χ3v) is 4.79. The number of amides is 1. The molecule has 1 heterocycles. The summed E-state index contributed by atoms with van der Waals surface area (Å²) < 4.78 is 11.4. The van der Waals surface area contributed by atoms with E-state index in [1.807, 2.05) is 37.3 Å². The molecule has 0 radical (unpaired) electrons. The first kappa shape index (κ1) is 19.0. The zero-order chi connectivity index (χ0) is 19.4. The minimum absolute atomic E-state index is 0.309. The lowest BCUT2D eigenvalue weighted by molar-refractivity contribution is -0.124. The number of ether oxygens (including phenoxy) is 2. The number of para-hydroxylation sites is 1. The quantitative estimate of drug-likeness (QED) is 0.765. The molecule has 1 aliphatic heterocycles. The van der Waals surface area contributed by atoms with E-state index in [9.17, 15) is 4.79 Å². The smallest absolute Gasteiger partial charge is 0.235 e. The van der Waals surface area contributed by atoms with Crippen molar-refractivity contribution in [3.8, 4) is 11.5 Å². The van der Waals surface area contributed by atoms with Crippen molar-refractivity contribution in [3.05, 3.63) is 71.3 Å². The molecule has 0 saturated heterocycles. The summed E-state index contributed by atoms with van der Waals surface area (Å²) in [4.78, 5) is 14.2. The average Bonchev–Trinajstić information content (AvgIpc) is 2.65. The summed E-state index contributed by atoms with van der Waals surface area (Å²) in [6, 6.07) is 13.6. The Morgan fingerprint density at radius 2 is 1.96 bits per heavy atom. The summed E-state index contributed by atoms with van der Waals surface area (Å²) in [5.41, 5.74) is 10.0. The molecule has 142 valence electrons. The van der Waals surface area contributed by atoms with Crippen LogP contribution >= 0.6 is 0 Å². The fourth-order valence-corrected chi connectivity index (χ4v) is 3.45. The third-order valence-electron chi connectivity index (χ3n) is 4.79. The van der Waals surface area contributed by atoms with E-state index < -0.39 is 0 Å². The summed E-state index contributed by atoms with van der Waals surface area (Å²) in [5, 5.41) is 0. The van der Waals surface area contributed by atoms with Gasteiger partial charge in [0.25, 0.3) is 0 Å². The summed E-state index contributed by atoms with van der Waals surface area (Å²) in [7, 11) is 1.62. The van der Waals surface area contributed by atoms with Gasteiger partial charge in [0.2, 0.25) is 5.91 Å². The number of primary amides is 1. The minimum Gasteiger partial charge on any atom is -0.493 e. The molecule has 2 N–H and O–H groups in total.